The van der Waals surface area contributed by atoms with Crippen LogP contribution in [0.15, 0.2) is 48.5 Å². The van der Waals surface area contributed by atoms with Crippen molar-refractivity contribution in [2.24, 2.45) is 0 Å². The van der Waals surface area contributed by atoms with Crippen LogP contribution in [0.3, 0.4) is 0 Å². The number of carboxylic acid groups (broad SMARTS) is 1. The third-order valence-corrected chi connectivity index (χ3v) is 7.11. The Morgan fingerprint density at radius 2 is 1.82 bits per heavy atom. The summed E-state index contributed by atoms with van der Waals surface area (Å²) in [5.41, 5.74) is -3.19. The molecule has 8 nitrogen and oxygen atoms in total. The second kappa shape index (κ2) is 9.82. The molecule has 12 heteroatoms. The summed E-state index contributed by atoms with van der Waals surface area (Å²) in [7, 11) is -5.72. The molecular weight excluding hydrogens is 475 g/mol. The normalized spacial score (nSPS) is 17.6. The van der Waals surface area contributed by atoms with E-state index in [1.807, 2.05) is 0 Å². The minimum atomic E-state index is -5.72. The van der Waals surface area contributed by atoms with E-state index in [2.05, 4.69) is 11.4 Å². The van der Waals surface area contributed by atoms with Crippen LogP contribution in [0.5, 0.6) is 0 Å². The van der Waals surface area contributed by atoms with E-state index in [0.29, 0.717) is 16.7 Å². The highest BCUT2D eigenvalue weighted by molar-refractivity contribution is 7.90. The van der Waals surface area contributed by atoms with Gasteiger partial charge in [0.15, 0.2) is 0 Å². The minimum absolute atomic E-state index is 0.0385. The molecular formula is C22H20F3N3O5S. The molecule has 2 atom stereocenters. The smallest absolute Gasteiger partial charge is 0.480 e. The van der Waals surface area contributed by atoms with Crippen LogP contribution in [0.2, 0.25) is 0 Å². The van der Waals surface area contributed by atoms with Gasteiger partial charge in [-0.25, -0.2) is 13.2 Å². The molecule has 3 rings (SSSR count). The average molecular weight is 495 g/mol. The van der Waals surface area contributed by atoms with Crippen molar-refractivity contribution in [3.8, 4) is 17.2 Å². The number of halogens is 3. The molecule has 1 aliphatic heterocycles. The highest BCUT2D eigenvalue weighted by Crippen LogP contribution is 2.32. The zero-order valence-electron chi connectivity index (χ0n) is 17.6. The Balaban J connectivity index is 1.74. The molecule has 0 radical (unpaired) electrons. The van der Waals surface area contributed by atoms with Gasteiger partial charge in [-0.05, 0) is 35.6 Å². The molecule has 1 saturated heterocycles. The van der Waals surface area contributed by atoms with Crippen LogP contribution in [-0.4, -0.2) is 53.8 Å². The topological polar surface area (TPSA) is 128 Å². The second-order valence-corrected chi connectivity index (χ2v) is 9.56. The first-order valence-corrected chi connectivity index (χ1v) is 11.6. The number of carboxylic acids is 1. The summed E-state index contributed by atoms with van der Waals surface area (Å²) in [5, 5.41) is 20.9. The number of sulfonamides is 1. The van der Waals surface area contributed by atoms with Gasteiger partial charge in [-0.3, -0.25) is 4.79 Å². The number of nitriles is 1. The number of benzene rings is 2. The van der Waals surface area contributed by atoms with Crippen molar-refractivity contribution in [3.05, 3.63) is 59.7 Å². The van der Waals surface area contributed by atoms with E-state index in [0.717, 1.165) is 5.56 Å². The number of nitrogens with one attached hydrogen (secondary N) is 1. The number of hydrogen-bond acceptors (Lipinski definition) is 5. The molecule has 1 fully saturated rings. The van der Waals surface area contributed by atoms with Gasteiger partial charge in [0.05, 0.1) is 11.6 Å². The summed E-state index contributed by atoms with van der Waals surface area (Å²) >= 11 is 0. The van der Waals surface area contributed by atoms with Gasteiger partial charge in [0.25, 0.3) is 0 Å². The van der Waals surface area contributed by atoms with E-state index in [1.165, 1.54) is 0 Å². The number of rotatable bonds is 7. The van der Waals surface area contributed by atoms with Crippen LogP contribution in [0.25, 0.3) is 11.1 Å². The molecule has 0 aromatic heterocycles. The summed E-state index contributed by atoms with van der Waals surface area (Å²) < 4.78 is 62.4. The fourth-order valence-corrected chi connectivity index (χ4v) is 4.95. The lowest BCUT2D eigenvalue weighted by molar-refractivity contribution is -0.142. The standard InChI is InChI=1S/C22H20F3N3O5S/c23-22(24,25)34(32,33)28-11-3-6-19(28)20(29)27-18(21(30)31)12-14-7-9-15(10-8-14)17-5-2-1-4-16(17)13-26/h1-2,4-5,7-10,18-19H,3,6,11-12H2,(H,27,29)(H,30,31)/t18-,19-/m0/s1. The molecule has 1 amide bonds. The van der Waals surface area contributed by atoms with Crippen molar-refractivity contribution in [1.29, 1.82) is 5.26 Å². The summed E-state index contributed by atoms with van der Waals surface area (Å²) in [6.07, 6.45) is -0.294. The number of carbonyl (C=O) groups excluding carboxylic acids is 1. The molecule has 34 heavy (non-hydrogen) atoms. The Morgan fingerprint density at radius 3 is 2.41 bits per heavy atom. The average Bonchev–Trinajstić information content (AvgIpc) is 3.29. The Morgan fingerprint density at radius 1 is 1.18 bits per heavy atom. The first-order chi connectivity index (χ1) is 16.0. The van der Waals surface area contributed by atoms with Crippen molar-refractivity contribution < 1.29 is 36.3 Å². The zero-order valence-corrected chi connectivity index (χ0v) is 18.4. The van der Waals surface area contributed by atoms with Crippen LogP contribution in [0, 0.1) is 11.3 Å². The van der Waals surface area contributed by atoms with Crippen LogP contribution >= 0.6 is 0 Å². The second-order valence-electron chi connectivity index (χ2n) is 7.68. The minimum Gasteiger partial charge on any atom is -0.480 e. The van der Waals surface area contributed by atoms with Crippen LogP contribution in [-0.2, 0) is 26.0 Å². The molecule has 0 aliphatic carbocycles. The predicted molar refractivity (Wildman–Crippen MR) is 115 cm³/mol. The van der Waals surface area contributed by atoms with Gasteiger partial charge in [-0.2, -0.15) is 22.7 Å². The van der Waals surface area contributed by atoms with E-state index in [1.54, 1.807) is 48.5 Å². The summed E-state index contributed by atoms with van der Waals surface area (Å²) in [5.74, 6) is -2.52. The number of nitrogens with zero attached hydrogens (tertiary/aromatic N) is 2. The maximum Gasteiger partial charge on any atom is 0.511 e. The monoisotopic (exact) mass is 495 g/mol. The van der Waals surface area contributed by atoms with Crippen molar-refractivity contribution in [2.45, 2.75) is 36.9 Å². The molecule has 0 bridgehead atoms. The SMILES string of the molecule is N#Cc1ccccc1-c1ccc(C[C@H](NC(=O)[C@@H]2CCCN2S(=O)(=O)C(F)(F)F)C(=O)O)cc1. The summed E-state index contributed by atoms with van der Waals surface area (Å²) in [6.45, 7) is -0.483. The Hall–Kier alpha value is -3.43. The molecule has 0 unspecified atom stereocenters. The number of hydrogen-bond donors (Lipinski definition) is 2. The van der Waals surface area contributed by atoms with Gasteiger partial charge in [0.2, 0.25) is 5.91 Å². The lowest BCUT2D eigenvalue weighted by Gasteiger charge is -2.25. The highest BCUT2D eigenvalue weighted by Gasteiger charge is 2.54. The van der Waals surface area contributed by atoms with Gasteiger partial charge in [0, 0.05) is 13.0 Å². The predicted octanol–water partition coefficient (Wildman–Crippen LogP) is 2.65. The highest BCUT2D eigenvalue weighted by atomic mass is 32.2. The first-order valence-electron chi connectivity index (χ1n) is 10.2. The van der Waals surface area contributed by atoms with Crippen molar-refractivity contribution >= 4 is 21.9 Å². The third kappa shape index (κ3) is 5.21. The van der Waals surface area contributed by atoms with Crippen LogP contribution in [0.4, 0.5) is 13.2 Å². The Kier molecular flexibility index (Phi) is 7.28. The van der Waals surface area contributed by atoms with Gasteiger partial charge < -0.3 is 10.4 Å². The van der Waals surface area contributed by atoms with E-state index < -0.39 is 46.0 Å². The Bertz CT molecular complexity index is 1220. The fraction of sp³-hybridized carbons (Fsp3) is 0.318. The third-order valence-electron chi connectivity index (χ3n) is 5.47. The van der Waals surface area contributed by atoms with Crippen molar-refractivity contribution in [3.63, 3.8) is 0 Å². The zero-order chi connectivity index (χ0) is 25.1. The van der Waals surface area contributed by atoms with E-state index in [4.69, 9.17) is 0 Å². The first kappa shape index (κ1) is 25.2. The van der Waals surface area contributed by atoms with Gasteiger partial charge in [-0.1, -0.05) is 42.5 Å². The molecule has 2 N–H and O–H groups in total. The summed E-state index contributed by atoms with van der Waals surface area (Å²) in [4.78, 5) is 24.3. The number of aliphatic carboxylic acids is 1. The number of carbonyl (C=O) groups is 2. The largest absolute Gasteiger partial charge is 0.511 e. The van der Waals surface area contributed by atoms with Crippen molar-refractivity contribution in [1.82, 2.24) is 9.62 Å². The lowest BCUT2D eigenvalue weighted by Crippen LogP contribution is -2.53. The molecule has 180 valence electrons. The molecule has 1 aliphatic rings. The number of amides is 1. The van der Waals surface area contributed by atoms with E-state index >= 15 is 0 Å². The van der Waals surface area contributed by atoms with Crippen molar-refractivity contribution in [2.75, 3.05) is 6.54 Å². The van der Waals surface area contributed by atoms with Gasteiger partial charge in [-0.15, -0.1) is 0 Å². The fourth-order valence-electron chi connectivity index (χ4n) is 3.78. The van der Waals surface area contributed by atoms with E-state index in [9.17, 15) is 41.5 Å². The van der Waals surface area contributed by atoms with Gasteiger partial charge in [0.1, 0.15) is 12.1 Å². The quantitative estimate of drug-likeness (QED) is 0.608. The molecule has 0 saturated carbocycles. The summed E-state index contributed by atoms with van der Waals surface area (Å²) in [6, 6.07) is 12.5. The maximum atomic E-state index is 12.9. The molecule has 0 spiro atoms. The molecule has 2 aromatic rings. The number of alkyl halides is 3. The molecule has 1 heterocycles. The maximum absolute atomic E-state index is 12.9. The van der Waals surface area contributed by atoms with E-state index in [-0.39, 0.29) is 23.6 Å². The van der Waals surface area contributed by atoms with Gasteiger partial charge >= 0.3 is 21.5 Å². The van der Waals surface area contributed by atoms with Crippen LogP contribution in [0.1, 0.15) is 24.0 Å². The Labute approximate surface area is 193 Å². The lowest BCUT2D eigenvalue weighted by atomic mass is 9.97. The molecule has 2 aromatic carbocycles. The van der Waals surface area contributed by atoms with Crippen LogP contribution < -0.4 is 5.32 Å².